The van der Waals surface area contributed by atoms with Crippen LogP contribution in [0.4, 0.5) is 11.4 Å². The third kappa shape index (κ3) is 3.88. The van der Waals surface area contributed by atoms with Gasteiger partial charge in [0.25, 0.3) is 0 Å². The molecule has 0 aliphatic rings. The summed E-state index contributed by atoms with van der Waals surface area (Å²) in [6, 6.07) is 13.7. The van der Waals surface area contributed by atoms with Gasteiger partial charge in [-0.05, 0) is 62.1 Å². The second-order valence-corrected chi connectivity index (χ2v) is 5.65. The van der Waals surface area contributed by atoms with Crippen LogP contribution in [0.3, 0.4) is 0 Å². The Bertz CT molecular complexity index is 647. The van der Waals surface area contributed by atoms with Gasteiger partial charge in [0.15, 0.2) is 0 Å². The van der Waals surface area contributed by atoms with E-state index in [2.05, 4.69) is 37.5 Å². The number of aryl methyl sites for hydroxylation is 2. The summed E-state index contributed by atoms with van der Waals surface area (Å²) in [7, 11) is 0. The van der Waals surface area contributed by atoms with Crippen LogP contribution < -0.4 is 10.6 Å². The van der Waals surface area contributed by atoms with Crippen LogP contribution in [0.2, 0.25) is 0 Å². The van der Waals surface area contributed by atoms with Crippen LogP contribution >= 0.6 is 0 Å². The molecule has 0 heterocycles. The van der Waals surface area contributed by atoms with Crippen LogP contribution in [0.1, 0.15) is 30.5 Å². The number of anilines is 2. The van der Waals surface area contributed by atoms with E-state index >= 15 is 0 Å². The highest BCUT2D eigenvalue weighted by Gasteiger charge is 2.14. The van der Waals surface area contributed by atoms with E-state index in [1.54, 1.807) is 0 Å². The van der Waals surface area contributed by atoms with Crippen molar-refractivity contribution in [2.75, 3.05) is 10.6 Å². The minimum absolute atomic E-state index is 0.0369. The molecule has 116 valence electrons. The van der Waals surface area contributed by atoms with E-state index in [1.807, 2.05) is 43.3 Å². The minimum atomic E-state index is -0.300. The lowest BCUT2D eigenvalue weighted by Crippen LogP contribution is -2.32. The largest absolute Gasteiger partial charge is 0.374 e. The number of carbonyl (C=O) groups excluding carboxylic acids is 1. The molecule has 0 aliphatic carbocycles. The summed E-state index contributed by atoms with van der Waals surface area (Å²) >= 11 is 0. The molecule has 0 spiro atoms. The quantitative estimate of drug-likeness (QED) is 0.863. The first-order valence-electron chi connectivity index (χ1n) is 7.73. The van der Waals surface area contributed by atoms with Gasteiger partial charge in [-0.25, -0.2) is 0 Å². The summed E-state index contributed by atoms with van der Waals surface area (Å²) in [4.78, 5) is 12.3. The number of carbonyl (C=O) groups is 1. The maximum absolute atomic E-state index is 12.3. The fourth-order valence-corrected chi connectivity index (χ4v) is 2.28. The van der Waals surface area contributed by atoms with E-state index in [1.165, 1.54) is 16.7 Å². The van der Waals surface area contributed by atoms with Crippen LogP contribution in [0.25, 0.3) is 0 Å². The number of benzene rings is 2. The molecule has 2 aromatic carbocycles. The van der Waals surface area contributed by atoms with Gasteiger partial charge in [-0.2, -0.15) is 0 Å². The Labute approximate surface area is 132 Å². The molecule has 0 aromatic heterocycles. The Balaban J connectivity index is 2.01. The maximum atomic E-state index is 12.3. The van der Waals surface area contributed by atoms with Crippen molar-refractivity contribution in [3.63, 3.8) is 0 Å². The molecular formula is C19H24N2O. The number of amides is 1. The van der Waals surface area contributed by atoms with Gasteiger partial charge in [0, 0.05) is 11.4 Å². The lowest BCUT2D eigenvalue weighted by Gasteiger charge is -2.18. The van der Waals surface area contributed by atoms with Crippen molar-refractivity contribution in [3.05, 3.63) is 59.2 Å². The van der Waals surface area contributed by atoms with Crippen molar-refractivity contribution in [2.24, 2.45) is 0 Å². The monoisotopic (exact) mass is 296 g/mol. The topological polar surface area (TPSA) is 41.1 Å². The summed E-state index contributed by atoms with van der Waals surface area (Å²) < 4.78 is 0. The minimum Gasteiger partial charge on any atom is -0.374 e. The van der Waals surface area contributed by atoms with Crippen LogP contribution in [-0.4, -0.2) is 11.9 Å². The van der Waals surface area contributed by atoms with Crippen LogP contribution in [0, 0.1) is 13.8 Å². The van der Waals surface area contributed by atoms with Gasteiger partial charge < -0.3 is 10.6 Å². The molecule has 2 rings (SSSR count). The first kappa shape index (κ1) is 16.1. The fraction of sp³-hybridized carbons (Fsp3) is 0.316. The second-order valence-electron chi connectivity index (χ2n) is 5.65. The average molecular weight is 296 g/mol. The molecule has 22 heavy (non-hydrogen) atoms. The molecule has 0 saturated carbocycles. The van der Waals surface area contributed by atoms with E-state index in [0.29, 0.717) is 0 Å². The lowest BCUT2D eigenvalue weighted by atomic mass is 10.1. The number of nitrogens with one attached hydrogen (secondary N) is 2. The molecule has 2 aromatic rings. The number of hydrogen-bond donors (Lipinski definition) is 2. The van der Waals surface area contributed by atoms with E-state index < -0.39 is 0 Å². The van der Waals surface area contributed by atoms with E-state index in [9.17, 15) is 4.79 Å². The summed E-state index contributed by atoms with van der Waals surface area (Å²) in [5.74, 6) is -0.0369. The zero-order chi connectivity index (χ0) is 16.1. The molecule has 0 radical (unpaired) electrons. The van der Waals surface area contributed by atoms with Gasteiger partial charge in [-0.15, -0.1) is 0 Å². The predicted molar refractivity (Wildman–Crippen MR) is 93.5 cm³/mol. The summed E-state index contributed by atoms with van der Waals surface area (Å²) in [5.41, 5.74) is 5.49. The Morgan fingerprint density at radius 1 is 1.09 bits per heavy atom. The van der Waals surface area contributed by atoms with Crippen molar-refractivity contribution in [1.82, 2.24) is 0 Å². The van der Waals surface area contributed by atoms with Crippen LogP contribution in [0.5, 0.6) is 0 Å². The Kier molecular flexibility index (Phi) is 5.21. The lowest BCUT2D eigenvalue weighted by molar-refractivity contribution is -0.116. The molecule has 1 amide bonds. The van der Waals surface area contributed by atoms with Crippen LogP contribution in [-0.2, 0) is 11.2 Å². The predicted octanol–water partition coefficient (Wildman–Crippen LogP) is 4.30. The third-order valence-corrected chi connectivity index (χ3v) is 4.00. The molecule has 2 N–H and O–H groups in total. The van der Waals surface area contributed by atoms with Gasteiger partial charge in [-0.1, -0.05) is 31.2 Å². The third-order valence-electron chi connectivity index (χ3n) is 4.00. The van der Waals surface area contributed by atoms with Gasteiger partial charge >= 0.3 is 0 Å². The van der Waals surface area contributed by atoms with Crippen molar-refractivity contribution in [2.45, 2.75) is 40.2 Å². The zero-order valence-electron chi connectivity index (χ0n) is 13.7. The normalized spacial score (nSPS) is 11.8. The van der Waals surface area contributed by atoms with Crippen LogP contribution in [0.15, 0.2) is 42.5 Å². The van der Waals surface area contributed by atoms with Gasteiger partial charge in [0.1, 0.15) is 6.04 Å². The maximum Gasteiger partial charge on any atom is 0.246 e. The summed E-state index contributed by atoms with van der Waals surface area (Å²) in [6.45, 7) is 8.12. The molecular weight excluding hydrogens is 272 g/mol. The smallest absolute Gasteiger partial charge is 0.246 e. The van der Waals surface area contributed by atoms with E-state index in [0.717, 1.165) is 17.8 Å². The highest BCUT2D eigenvalue weighted by molar-refractivity contribution is 5.96. The summed E-state index contributed by atoms with van der Waals surface area (Å²) in [5, 5.41) is 6.23. The molecule has 0 fully saturated rings. The summed E-state index contributed by atoms with van der Waals surface area (Å²) in [6.07, 6.45) is 0.999. The van der Waals surface area contributed by atoms with E-state index in [4.69, 9.17) is 0 Å². The standard InChI is InChI=1S/C19H24N2O/c1-5-16-9-11-17(12-10-16)21-19(22)15(4)20-18-8-6-7-13(2)14(18)3/h6-12,15,20H,5H2,1-4H3,(H,21,22)/t15-/m0/s1. The molecule has 0 aliphatic heterocycles. The molecule has 1 atom stereocenters. The Morgan fingerprint density at radius 3 is 2.41 bits per heavy atom. The molecule has 0 unspecified atom stereocenters. The zero-order valence-corrected chi connectivity index (χ0v) is 13.7. The average Bonchev–Trinajstić information content (AvgIpc) is 2.52. The van der Waals surface area contributed by atoms with Crippen molar-refractivity contribution < 1.29 is 4.79 Å². The van der Waals surface area contributed by atoms with Gasteiger partial charge in [0.05, 0.1) is 0 Å². The number of rotatable bonds is 5. The van der Waals surface area contributed by atoms with Crippen molar-refractivity contribution in [1.29, 1.82) is 0 Å². The first-order valence-corrected chi connectivity index (χ1v) is 7.73. The second kappa shape index (κ2) is 7.12. The number of hydrogen-bond acceptors (Lipinski definition) is 2. The molecule has 3 heteroatoms. The Morgan fingerprint density at radius 2 is 1.77 bits per heavy atom. The molecule has 0 saturated heterocycles. The van der Waals surface area contributed by atoms with Gasteiger partial charge in [-0.3, -0.25) is 4.79 Å². The highest BCUT2D eigenvalue weighted by Crippen LogP contribution is 2.19. The van der Waals surface area contributed by atoms with Crippen molar-refractivity contribution in [3.8, 4) is 0 Å². The van der Waals surface area contributed by atoms with E-state index in [-0.39, 0.29) is 11.9 Å². The highest BCUT2D eigenvalue weighted by atomic mass is 16.2. The van der Waals surface area contributed by atoms with Gasteiger partial charge in [0.2, 0.25) is 5.91 Å². The SMILES string of the molecule is CCc1ccc(NC(=O)[C@H](C)Nc2cccc(C)c2C)cc1. The molecule has 3 nitrogen and oxygen atoms in total. The fourth-order valence-electron chi connectivity index (χ4n) is 2.28. The first-order chi connectivity index (χ1) is 10.5. The van der Waals surface area contributed by atoms with Crippen molar-refractivity contribution >= 4 is 17.3 Å². The Hall–Kier alpha value is -2.29. The molecule has 0 bridgehead atoms.